The average Bonchev–Trinajstić information content (AvgIpc) is 2.39. The maximum absolute atomic E-state index is 5.31. The van der Waals surface area contributed by atoms with Crippen LogP contribution in [0.5, 0.6) is 0 Å². The van der Waals surface area contributed by atoms with Gasteiger partial charge in [0.2, 0.25) is 0 Å². The van der Waals surface area contributed by atoms with E-state index in [4.69, 9.17) is 18.9 Å². The molecule has 0 spiro atoms. The Hall–Kier alpha value is 0.566. The van der Waals surface area contributed by atoms with Gasteiger partial charge in [-0.15, -0.1) is 13.1 Å². The van der Waals surface area contributed by atoms with Crippen molar-refractivity contribution in [1.82, 2.24) is 0 Å². The molecule has 0 aromatic carbocycles. The number of hydrogen-bond acceptors (Lipinski definition) is 4. The van der Waals surface area contributed by atoms with Gasteiger partial charge in [0, 0.05) is 13.2 Å². The predicted octanol–water partition coefficient (Wildman–Crippen LogP) is 0.900. The fourth-order valence-corrected chi connectivity index (χ4v) is 1.13. The zero-order valence-electron chi connectivity index (χ0n) is 11.6. The molecule has 0 aromatic rings. The van der Waals surface area contributed by atoms with Crippen molar-refractivity contribution in [2.75, 3.05) is 65.9 Å². The van der Waals surface area contributed by atoms with Crippen molar-refractivity contribution in [1.29, 1.82) is 0 Å². The van der Waals surface area contributed by atoms with Crippen molar-refractivity contribution >= 4 is 23.1 Å². The molecule has 0 atom stereocenters. The van der Waals surface area contributed by atoms with E-state index in [1.807, 2.05) is 0 Å². The standard InChI is InChI=1S/C10H20NO4.C2H5.Mg/c1-3-12-5-7-14-9-10-15-8-6-13-4-2-11-1;1-2;/h1-10H2;1H2,2H3;/q2*-1;+2. The molecule has 0 N–H and O–H groups in total. The molecule has 104 valence electrons. The van der Waals surface area contributed by atoms with Gasteiger partial charge in [0.05, 0.1) is 39.6 Å². The molecule has 18 heavy (non-hydrogen) atoms. The van der Waals surface area contributed by atoms with Gasteiger partial charge in [0.25, 0.3) is 0 Å². The first kappa shape index (κ1) is 20.9. The Labute approximate surface area is 127 Å². The van der Waals surface area contributed by atoms with E-state index in [0.717, 1.165) is 13.1 Å². The van der Waals surface area contributed by atoms with E-state index < -0.39 is 0 Å². The van der Waals surface area contributed by atoms with Crippen molar-refractivity contribution in [2.24, 2.45) is 0 Å². The molecule has 1 aliphatic rings. The van der Waals surface area contributed by atoms with Gasteiger partial charge >= 0.3 is 23.1 Å². The molecule has 1 aliphatic heterocycles. The van der Waals surface area contributed by atoms with Crippen molar-refractivity contribution in [3.05, 3.63) is 12.2 Å². The maximum Gasteiger partial charge on any atom is 2.00 e. The van der Waals surface area contributed by atoms with E-state index in [0.29, 0.717) is 52.9 Å². The number of hydrogen-bond donors (Lipinski definition) is 0. The summed E-state index contributed by atoms with van der Waals surface area (Å²) in [6.45, 7) is 11.6. The topological polar surface area (TPSA) is 51.0 Å². The van der Waals surface area contributed by atoms with Crippen LogP contribution < -0.4 is 0 Å². The Bertz CT molecular complexity index is 82.6. The SMILES string of the molecule is C1COCCOCCOCCOCC[N-]1.[CH2-]C.[Mg+2]. The van der Waals surface area contributed by atoms with E-state index >= 15 is 0 Å². The van der Waals surface area contributed by atoms with Gasteiger partial charge < -0.3 is 31.2 Å². The smallest absolute Gasteiger partial charge is 0.659 e. The molecule has 1 fully saturated rings. The first-order valence-corrected chi connectivity index (χ1v) is 6.15. The fraction of sp³-hybridized carbons (Fsp3) is 0.917. The second kappa shape index (κ2) is 19.9. The molecule has 1 rings (SSSR count). The normalized spacial score (nSPS) is 20.3. The molecule has 1 heterocycles. The zero-order chi connectivity index (χ0) is 12.6. The van der Waals surface area contributed by atoms with E-state index in [1.54, 1.807) is 6.92 Å². The quantitative estimate of drug-likeness (QED) is 0.485. The molecule has 0 saturated carbocycles. The summed E-state index contributed by atoms with van der Waals surface area (Å²) in [5.74, 6) is 0. The van der Waals surface area contributed by atoms with Gasteiger partial charge in [-0.1, -0.05) is 0 Å². The van der Waals surface area contributed by atoms with Crippen LogP contribution in [0.3, 0.4) is 0 Å². The van der Waals surface area contributed by atoms with Gasteiger partial charge in [-0.3, -0.25) is 0 Å². The van der Waals surface area contributed by atoms with E-state index in [1.165, 1.54) is 0 Å². The molecule has 0 unspecified atom stereocenters. The first-order chi connectivity index (χ1) is 8.50. The third kappa shape index (κ3) is 16.6. The van der Waals surface area contributed by atoms with Crippen LogP contribution in [0.25, 0.3) is 5.32 Å². The summed E-state index contributed by atoms with van der Waals surface area (Å²) in [4.78, 5) is 0. The Kier molecular flexibility index (Phi) is 23.1. The molecule has 1 saturated heterocycles. The monoisotopic (exact) mass is 271 g/mol. The van der Waals surface area contributed by atoms with E-state index in [9.17, 15) is 0 Å². The summed E-state index contributed by atoms with van der Waals surface area (Å²) in [7, 11) is 0. The van der Waals surface area contributed by atoms with Crippen LogP contribution in [-0.4, -0.2) is 89.0 Å². The summed E-state index contributed by atoms with van der Waals surface area (Å²) < 4.78 is 21.2. The van der Waals surface area contributed by atoms with Gasteiger partial charge in [0.1, 0.15) is 0 Å². The molecular formula is C12H25MgNO4. The van der Waals surface area contributed by atoms with Gasteiger partial charge in [0.15, 0.2) is 0 Å². The van der Waals surface area contributed by atoms with Gasteiger partial charge in [-0.25, -0.2) is 0 Å². The third-order valence-electron chi connectivity index (χ3n) is 1.90. The van der Waals surface area contributed by atoms with Gasteiger partial charge in [-0.2, -0.15) is 6.92 Å². The van der Waals surface area contributed by atoms with E-state index in [2.05, 4.69) is 12.2 Å². The van der Waals surface area contributed by atoms with Crippen LogP contribution in [0.4, 0.5) is 0 Å². The summed E-state index contributed by atoms with van der Waals surface area (Å²) in [5.41, 5.74) is 0. The van der Waals surface area contributed by atoms with Crippen LogP contribution in [0, 0.1) is 6.92 Å². The Balaban J connectivity index is 0. The number of nitrogens with zero attached hydrogens (tertiary/aromatic N) is 1. The molecule has 0 aromatic heterocycles. The van der Waals surface area contributed by atoms with Crippen LogP contribution >= 0.6 is 0 Å². The minimum absolute atomic E-state index is 0. The average molecular weight is 272 g/mol. The third-order valence-corrected chi connectivity index (χ3v) is 1.90. The van der Waals surface area contributed by atoms with Crippen molar-refractivity contribution in [3.63, 3.8) is 0 Å². The van der Waals surface area contributed by atoms with Crippen LogP contribution in [0.15, 0.2) is 0 Å². The second-order valence-corrected chi connectivity index (χ2v) is 3.12. The molecule has 5 nitrogen and oxygen atoms in total. The van der Waals surface area contributed by atoms with Crippen molar-refractivity contribution in [3.8, 4) is 0 Å². The van der Waals surface area contributed by atoms with Gasteiger partial charge in [-0.05, 0) is 0 Å². The number of rotatable bonds is 0. The second-order valence-electron chi connectivity index (χ2n) is 3.12. The predicted molar refractivity (Wildman–Crippen MR) is 73.2 cm³/mol. The molecule has 0 amide bonds. The largest absolute Gasteiger partial charge is 2.00 e. The summed E-state index contributed by atoms with van der Waals surface area (Å²) >= 11 is 0. The summed E-state index contributed by atoms with van der Waals surface area (Å²) in [5, 5.41) is 4.25. The Morgan fingerprint density at radius 2 is 0.889 bits per heavy atom. The maximum atomic E-state index is 5.31. The Morgan fingerprint density at radius 1 is 0.611 bits per heavy atom. The van der Waals surface area contributed by atoms with E-state index in [-0.39, 0.29) is 23.1 Å². The molecule has 0 aliphatic carbocycles. The first-order valence-electron chi connectivity index (χ1n) is 6.15. The van der Waals surface area contributed by atoms with Crippen molar-refractivity contribution in [2.45, 2.75) is 6.92 Å². The Morgan fingerprint density at radius 3 is 1.22 bits per heavy atom. The van der Waals surface area contributed by atoms with Crippen LogP contribution in [-0.2, 0) is 18.9 Å². The minimum Gasteiger partial charge on any atom is -0.659 e. The zero-order valence-corrected chi connectivity index (χ0v) is 13.0. The minimum atomic E-state index is 0. The van der Waals surface area contributed by atoms with Crippen LogP contribution in [0.2, 0.25) is 0 Å². The molecule has 0 bridgehead atoms. The molecular weight excluding hydrogens is 246 g/mol. The fourth-order valence-electron chi connectivity index (χ4n) is 1.13. The summed E-state index contributed by atoms with van der Waals surface area (Å²) in [6.07, 6.45) is 0. The molecule has 6 heteroatoms. The summed E-state index contributed by atoms with van der Waals surface area (Å²) in [6, 6.07) is 0. The number of ether oxygens (including phenoxy) is 4. The van der Waals surface area contributed by atoms with Crippen molar-refractivity contribution < 1.29 is 18.9 Å². The molecule has 0 radical (unpaired) electrons. The van der Waals surface area contributed by atoms with Crippen LogP contribution in [0.1, 0.15) is 6.92 Å².